The first-order chi connectivity index (χ1) is 7.75. The number of nitrogens with two attached hydrogens (primary N) is 1. The maximum Gasteiger partial charge on any atom is 0.123 e. The van der Waals surface area contributed by atoms with Crippen molar-refractivity contribution >= 4 is 15.9 Å². The minimum absolute atomic E-state index is 0.237. The number of hydrogen-bond donors (Lipinski definition) is 1. The summed E-state index contributed by atoms with van der Waals surface area (Å²) >= 11 is 3.36. The van der Waals surface area contributed by atoms with Gasteiger partial charge in [-0.1, -0.05) is 15.9 Å². The molecule has 1 unspecified atom stereocenters. The molecule has 0 radical (unpaired) electrons. The van der Waals surface area contributed by atoms with E-state index < -0.39 is 0 Å². The van der Waals surface area contributed by atoms with Gasteiger partial charge in [-0.2, -0.15) is 0 Å². The van der Waals surface area contributed by atoms with Crippen molar-refractivity contribution in [3.63, 3.8) is 0 Å². The third-order valence-electron chi connectivity index (χ3n) is 2.15. The Kier molecular flexibility index (Phi) is 3.64. The van der Waals surface area contributed by atoms with E-state index in [9.17, 15) is 0 Å². The van der Waals surface area contributed by atoms with Crippen LogP contribution in [0.4, 0.5) is 0 Å². The number of benzene rings is 1. The highest BCUT2D eigenvalue weighted by molar-refractivity contribution is 9.10. The number of halogens is 1. The highest BCUT2D eigenvalue weighted by atomic mass is 79.9. The zero-order chi connectivity index (χ0) is 11.4. The van der Waals surface area contributed by atoms with E-state index in [4.69, 9.17) is 14.9 Å². The van der Waals surface area contributed by atoms with Crippen LogP contribution in [0, 0.1) is 0 Å². The van der Waals surface area contributed by atoms with Gasteiger partial charge in [-0.3, -0.25) is 0 Å². The van der Waals surface area contributed by atoms with Crippen LogP contribution in [-0.2, 0) is 0 Å². The number of hydrogen-bond acceptors (Lipinski definition) is 3. The average molecular weight is 282 g/mol. The maximum absolute atomic E-state index is 5.89. The Bertz CT molecular complexity index is 425. The van der Waals surface area contributed by atoms with Crippen LogP contribution in [0.1, 0.15) is 11.8 Å². The third kappa shape index (κ3) is 2.87. The lowest BCUT2D eigenvalue weighted by Gasteiger charge is -2.10. The van der Waals surface area contributed by atoms with Gasteiger partial charge in [-0.25, -0.2) is 0 Å². The number of rotatable bonds is 4. The fourth-order valence-electron chi connectivity index (χ4n) is 1.30. The fourth-order valence-corrected chi connectivity index (χ4v) is 1.57. The highest BCUT2D eigenvalue weighted by Gasteiger charge is 2.09. The molecule has 0 spiro atoms. The molecule has 0 aliphatic heterocycles. The molecule has 0 saturated carbocycles. The lowest BCUT2D eigenvalue weighted by Crippen LogP contribution is -2.18. The Morgan fingerprint density at radius 1 is 1.25 bits per heavy atom. The van der Waals surface area contributed by atoms with Crippen LogP contribution in [0.15, 0.2) is 51.6 Å². The largest absolute Gasteiger partial charge is 0.491 e. The van der Waals surface area contributed by atoms with Gasteiger partial charge in [-0.05, 0) is 36.4 Å². The second kappa shape index (κ2) is 5.18. The second-order valence-corrected chi connectivity index (χ2v) is 4.30. The quantitative estimate of drug-likeness (QED) is 0.937. The van der Waals surface area contributed by atoms with Gasteiger partial charge in [-0.15, -0.1) is 0 Å². The Morgan fingerprint density at radius 2 is 2.00 bits per heavy atom. The van der Waals surface area contributed by atoms with Crippen molar-refractivity contribution in [2.75, 3.05) is 6.61 Å². The van der Waals surface area contributed by atoms with Gasteiger partial charge in [0.2, 0.25) is 0 Å². The van der Waals surface area contributed by atoms with E-state index in [0.717, 1.165) is 16.0 Å². The van der Waals surface area contributed by atoms with Gasteiger partial charge in [0, 0.05) is 4.47 Å². The van der Waals surface area contributed by atoms with Gasteiger partial charge >= 0.3 is 0 Å². The van der Waals surface area contributed by atoms with Crippen molar-refractivity contribution in [3.8, 4) is 5.75 Å². The predicted molar refractivity (Wildman–Crippen MR) is 65.3 cm³/mol. The smallest absolute Gasteiger partial charge is 0.123 e. The summed E-state index contributed by atoms with van der Waals surface area (Å²) in [7, 11) is 0. The Hall–Kier alpha value is -1.26. The van der Waals surface area contributed by atoms with Crippen LogP contribution >= 0.6 is 15.9 Å². The molecule has 4 heteroatoms. The van der Waals surface area contributed by atoms with E-state index in [2.05, 4.69) is 15.9 Å². The molecule has 0 saturated heterocycles. The number of furan rings is 1. The van der Waals surface area contributed by atoms with E-state index in [1.165, 1.54) is 0 Å². The maximum atomic E-state index is 5.89. The first kappa shape index (κ1) is 11.2. The van der Waals surface area contributed by atoms with Crippen LogP contribution in [0.25, 0.3) is 0 Å². The minimum Gasteiger partial charge on any atom is -0.491 e. The molecule has 84 valence electrons. The predicted octanol–water partition coefficient (Wildman–Crippen LogP) is 3.12. The zero-order valence-electron chi connectivity index (χ0n) is 8.60. The molecular weight excluding hydrogens is 270 g/mol. The summed E-state index contributed by atoms with van der Waals surface area (Å²) in [6.45, 7) is 0.398. The monoisotopic (exact) mass is 281 g/mol. The molecule has 1 heterocycles. The number of ether oxygens (including phenoxy) is 1. The Balaban J connectivity index is 1.90. The van der Waals surface area contributed by atoms with Gasteiger partial charge in [0.1, 0.15) is 18.1 Å². The molecule has 1 atom stereocenters. The van der Waals surface area contributed by atoms with Gasteiger partial charge in [0.25, 0.3) is 0 Å². The average Bonchev–Trinajstić information content (AvgIpc) is 2.81. The second-order valence-electron chi connectivity index (χ2n) is 3.39. The summed E-state index contributed by atoms with van der Waals surface area (Å²) in [5.74, 6) is 1.53. The van der Waals surface area contributed by atoms with Crippen molar-refractivity contribution in [2.45, 2.75) is 6.04 Å². The van der Waals surface area contributed by atoms with Gasteiger partial charge in [0.05, 0.1) is 12.3 Å². The van der Waals surface area contributed by atoms with Crippen molar-refractivity contribution in [1.29, 1.82) is 0 Å². The van der Waals surface area contributed by atoms with Crippen LogP contribution in [0.2, 0.25) is 0 Å². The molecule has 2 N–H and O–H groups in total. The lowest BCUT2D eigenvalue weighted by molar-refractivity contribution is 0.273. The molecule has 0 fully saturated rings. The highest BCUT2D eigenvalue weighted by Crippen LogP contribution is 2.18. The molecule has 3 nitrogen and oxygen atoms in total. The van der Waals surface area contributed by atoms with Gasteiger partial charge < -0.3 is 14.9 Å². The summed E-state index contributed by atoms with van der Waals surface area (Å²) in [5.41, 5.74) is 5.89. The summed E-state index contributed by atoms with van der Waals surface area (Å²) in [6, 6.07) is 11.0. The van der Waals surface area contributed by atoms with Crippen LogP contribution in [0.3, 0.4) is 0 Å². The van der Waals surface area contributed by atoms with Crippen molar-refractivity contribution < 1.29 is 9.15 Å². The van der Waals surface area contributed by atoms with Gasteiger partial charge in [0.15, 0.2) is 0 Å². The molecule has 0 aliphatic carbocycles. The normalized spacial score (nSPS) is 12.4. The van der Waals surface area contributed by atoms with Crippen molar-refractivity contribution in [2.24, 2.45) is 5.73 Å². The van der Waals surface area contributed by atoms with Crippen LogP contribution < -0.4 is 10.5 Å². The first-order valence-corrected chi connectivity index (χ1v) is 5.72. The zero-order valence-corrected chi connectivity index (χ0v) is 10.2. The lowest BCUT2D eigenvalue weighted by atomic mass is 10.2. The SMILES string of the molecule is NC(COc1ccc(Br)cc1)c1ccco1. The van der Waals surface area contributed by atoms with Crippen molar-refractivity contribution in [3.05, 3.63) is 52.9 Å². The molecule has 0 aliphatic rings. The van der Waals surface area contributed by atoms with E-state index in [-0.39, 0.29) is 6.04 Å². The molecule has 1 aromatic carbocycles. The summed E-state index contributed by atoms with van der Waals surface area (Å²) in [5, 5.41) is 0. The van der Waals surface area contributed by atoms with E-state index in [0.29, 0.717) is 6.61 Å². The molecule has 2 aromatic rings. The molecule has 1 aromatic heterocycles. The minimum atomic E-state index is -0.237. The first-order valence-electron chi connectivity index (χ1n) is 4.93. The van der Waals surface area contributed by atoms with E-state index >= 15 is 0 Å². The Labute approximate surface area is 102 Å². The standard InChI is InChI=1S/C12H12BrNO2/c13-9-3-5-10(6-4-9)16-8-11(14)12-2-1-7-15-12/h1-7,11H,8,14H2. The topological polar surface area (TPSA) is 48.4 Å². The van der Waals surface area contributed by atoms with Crippen LogP contribution in [0.5, 0.6) is 5.75 Å². The van der Waals surface area contributed by atoms with Crippen LogP contribution in [-0.4, -0.2) is 6.61 Å². The summed E-state index contributed by atoms with van der Waals surface area (Å²) in [4.78, 5) is 0. The third-order valence-corrected chi connectivity index (χ3v) is 2.68. The molecular formula is C12H12BrNO2. The van der Waals surface area contributed by atoms with E-state index in [1.807, 2.05) is 36.4 Å². The summed E-state index contributed by atoms with van der Waals surface area (Å²) in [6.07, 6.45) is 1.61. The molecule has 0 amide bonds. The van der Waals surface area contributed by atoms with Crippen molar-refractivity contribution in [1.82, 2.24) is 0 Å². The molecule has 16 heavy (non-hydrogen) atoms. The van der Waals surface area contributed by atoms with E-state index in [1.54, 1.807) is 6.26 Å². The molecule has 2 rings (SSSR count). The summed E-state index contributed by atoms with van der Waals surface area (Å²) < 4.78 is 11.8. The Morgan fingerprint density at radius 3 is 2.62 bits per heavy atom. The molecule has 0 bridgehead atoms. The fraction of sp³-hybridized carbons (Fsp3) is 0.167.